The van der Waals surface area contributed by atoms with Gasteiger partial charge >= 0.3 is 5.97 Å². The van der Waals surface area contributed by atoms with Crippen molar-refractivity contribution in [1.29, 1.82) is 0 Å². The van der Waals surface area contributed by atoms with Gasteiger partial charge in [-0.25, -0.2) is 4.79 Å². The summed E-state index contributed by atoms with van der Waals surface area (Å²) >= 11 is 11.8. The largest absolute Gasteiger partial charge is 0.507 e. The van der Waals surface area contributed by atoms with Crippen molar-refractivity contribution in [2.75, 3.05) is 19.0 Å². The first kappa shape index (κ1) is 17.9. The minimum atomic E-state index is -0.862. The summed E-state index contributed by atoms with van der Waals surface area (Å²) in [7, 11) is 1.42. The van der Waals surface area contributed by atoms with Gasteiger partial charge in [-0.05, 0) is 30.3 Å². The number of halogens is 2. The second-order valence-electron chi connectivity index (χ2n) is 4.61. The van der Waals surface area contributed by atoms with Crippen molar-refractivity contribution < 1.29 is 24.2 Å². The molecular weight excluding hydrogens is 357 g/mol. The fraction of sp³-hybridized carbons (Fsp3) is 0.125. The minimum absolute atomic E-state index is 0.108. The lowest BCUT2D eigenvalue weighted by atomic mass is 10.2. The highest BCUT2D eigenvalue weighted by atomic mass is 35.5. The molecule has 6 nitrogen and oxygen atoms in total. The molecule has 1 amide bonds. The molecule has 0 aliphatic carbocycles. The van der Waals surface area contributed by atoms with Crippen LogP contribution in [-0.4, -0.2) is 30.7 Å². The molecule has 0 fully saturated rings. The van der Waals surface area contributed by atoms with E-state index in [0.29, 0.717) is 11.4 Å². The molecule has 126 valence electrons. The molecule has 0 unspecified atom stereocenters. The molecule has 0 saturated carbocycles. The van der Waals surface area contributed by atoms with Gasteiger partial charge in [-0.15, -0.1) is 0 Å². The number of phenolic OH excluding ortho intramolecular Hbond substituents is 1. The molecule has 8 heteroatoms. The van der Waals surface area contributed by atoms with Gasteiger partial charge in [0, 0.05) is 0 Å². The first-order chi connectivity index (χ1) is 11.4. The van der Waals surface area contributed by atoms with Crippen molar-refractivity contribution in [3.8, 4) is 11.5 Å². The maximum Gasteiger partial charge on any atom is 0.342 e. The summed E-state index contributed by atoms with van der Waals surface area (Å²) in [6.07, 6.45) is 0. The van der Waals surface area contributed by atoms with Gasteiger partial charge in [0.05, 0.1) is 22.8 Å². The van der Waals surface area contributed by atoms with Crippen LogP contribution >= 0.6 is 23.2 Å². The van der Waals surface area contributed by atoms with Gasteiger partial charge in [0.1, 0.15) is 17.1 Å². The molecule has 0 aliphatic heterocycles. The number of carbonyl (C=O) groups excluding carboxylic acids is 2. The Morgan fingerprint density at radius 3 is 2.67 bits per heavy atom. The van der Waals surface area contributed by atoms with E-state index in [1.54, 1.807) is 18.2 Å². The van der Waals surface area contributed by atoms with Crippen molar-refractivity contribution in [1.82, 2.24) is 0 Å². The van der Waals surface area contributed by atoms with Crippen LogP contribution in [0.3, 0.4) is 0 Å². The number of esters is 1. The van der Waals surface area contributed by atoms with Crippen LogP contribution in [0.15, 0.2) is 36.4 Å². The third kappa shape index (κ3) is 4.31. The van der Waals surface area contributed by atoms with Gasteiger partial charge in [0.15, 0.2) is 6.61 Å². The van der Waals surface area contributed by atoms with E-state index >= 15 is 0 Å². The lowest BCUT2D eigenvalue weighted by Crippen LogP contribution is -2.21. The highest BCUT2D eigenvalue weighted by Crippen LogP contribution is 2.29. The molecule has 0 saturated heterocycles. The van der Waals surface area contributed by atoms with Gasteiger partial charge in [-0.1, -0.05) is 29.3 Å². The Balaban J connectivity index is 1.99. The Labute approximate surface area is 147 Å². The van der Waals surface area contributed by atoms with Gasteiger partial charge < -0.3 is 19.9 Å². The average molecular weight is 370 g/mol. The van der Waals surface area contributed by atoms with Gasteiger partial charge in [-0.3, -0.25) is 4.79 Å². The number of hydrogen-bond acceptors (Lipinski definition) is 5. The van der Waals surface area contributed by atoms with Crippen LogP contribution in [0, 0.1) is 0 Å². The number of hydrogen-bond donors (Lipinski definition) is 2. The quantitative estimate of drug-likeness (QED) is 0.787. The fourth-order valence-corrected chi connectivity index (χ4v) is 2.15. The van der Waals surface area contributed by atoms with Crippen molar-refractivity contribution in [3.63, 3.8) is 0 Å². The maximum absolute atomic E-state index is 11.9. The smallest absolute Gasteiger partial charge is 0.342 e. The topological polar surface area (TPSA) is 84.9 Å². The monoisotopic (exact) mass is 369 g/mol. The molecule has 0 heterocycles. The number of benzene rings is 2. The highest BCUT2D eigenvalue weighted by molar-refractivity contribution is 6.44. The zero-order valence-electron chi connectivity index (χ0n) is 12.5. The van der Waals surface area contributed by atoms with Crippen LogP contribution < -0.4 is 10.1 Å². The predicted octanol–water partition coefficient (Wildman–Crippen LogP) is 3.50. The van der Waals surface area contributed by atoms with Crippen LogP contribution in [-0.2, 0) is 9.53 Å². The number of amides is 1. The van der Waals surface area contributed by atoms with Crippen molar-refractivity contribution in [3.05, 3.63) is 52.0 Å². The lowest BCUT2D eigenvalue weighted by Gasteiger charge is -2.10. The Morgan fingerprint density at radius 2 is 1.96 bits per heavy atom. The Hall–Kier alpha value is -2.44. The first-order valence-electron chi connectivity index (χ1n) is 6.70. The summed E-state index contributed by atoms with van der Waals surface area (Å²) in [5.41, 5.74) is 0.192. The number of anilines is 1. The van der Waals surface area contributed by atoms with Crippen molar-refractivity contribution in [2.45, 2.75) is 0 Å². The number of ether oxygens (including phenoxy) is 2. The molecule has 2 aromatic rings. The highest BCUT2D eigenvalue weighted by Gasteiger charge is 2.16. The number of carbonyl (C=O) groups is 2. The van der Waals surface area contributed by atoms with E-state index in [1.807, 2.05) is 0 Å². The molecule has 2 N–H and O–H groups in total. The zero-order chi connectivity index (χ0) is 17.7. The van der Waals surface area contributed by atoms with Gasteiger partial charge in [0.2, 0.25) is 0 Å². The molecule has 0 aromatic heterocycles. The molecule has 0 atom stereocenters. The summed E-state index contributed by atoms with van der Waals surface area (Å²) in [6.45, 7) is -0.557. The van der Waals surface area contributed by atoms with Gasteiger partial charge in [-0.2, -0.15) is 0 Å². The van der Waals surface area contributed by atoms with E-state index in [-0.39, 0.29) is 21.4 Å². The minimum Gasteiger partial charge on any atom is -0.507 e. The first-order valence-corrected chi connectivity index (χ1v) is 7.46. The summed E-state index contributed by atoms with van der Waals surface area (Å²) in [6, 6.07) is 8.84. The normalized spacial score (nSPS) is 10.1. The van der Waals surface area contributed by atoms with E-state index in [0.717, 1.165) is 0 Å². The molecule has 2 rings (SSSR count). The van der Waals surface area contributed by atoms with E-state index < -0.39 is 18.5 Å². The second kappa shape index (κ2) is 7.90. The van der Waals surface area contributed by atoms with Crippen LogP contribution in [0.2, 0.25) is 10.0 Å². The Bertz CT molecular complexity index is 779. The number of nitrogens with one attached hydrogen (secondary N) is 1. The van der Waals surface area contributed by atoms with Crippen LogP contribution in [0.1, 0.15) is 10.4 Å². The molecular formula is C16H13Cl2NO5. The molecule has 0 bridgehead atoms. The molecule has 0 spiro atoms. The number of aromatic hydroxyl groups is 1. The zero-order valence-corrected chi connectivity index (χ0v) is 14.0. The summed E-state index contributed by atoms with van der Waals surface area (Å²) in [5.74, 6) is -1.37. The van der Waals surface area contributed by atoms with Gasteiger partial charge in [0.25, 0.3) is 5.91 Å². The van der Waals surface area contributed by atoms with Crippen LogP contribution in [0.4, 0.5) is 5.69 Å². The fourth-order valence-electron chi connectivity index (χ4n) is 1.80. The van der Waals surface area contributed by atoms with E-state index in [2.05, 4.69) is 5.32 Å². The maximum atomic E-state index is 11.9. The Kier molecular flexibility index (Phi) is 5.89. The van der Waals surface area contributed by atoms with Crippen molar-refractivity contribution in [2.24, 2.45) is 0 Å². The molecule has 2 aromatic carbocycles. The number of methoxy groups -OCH3 is 1. The van der Waals surface area contributed by atoms with Crippen LogP contribution in [0.25, 0.3) is 0 Å². The van der Waals surface area contributed by atoms with E-state index in [4.69, 9.17) is 32.7 Å². The standard InChI is InChI=1S/C16H13Cl2NO5/c1-23-9-5-6-13(20)10(7-9)16(22)24-8-14(21)19-12-4-2-3-11(17)15(12)18/h2-7,20H,8H2,1H3,(H,19,21). The number of rotatable bonds is 5. The number of phenols is 1. The second-order valence-corrected chi connectivity index (χ2v) is 5.39. The van der Waals surface area contributed by atoms with E-state index in [9.17, 15) is 14.7 Å². The van der Waals surface area contributed by atoms with Crippen LogP contribution in [0.5, 0.6) is 11.5 Å². The molecule has 24 heavy (non-hydrogen) atoms. The van der Waals surface area contributed by atoms with E-state index in [1.165, 1.54) is 25.3 Å². The molecule has 0 radical (unpaired) electrons. The molecule has 0 aliphatic rings. The Morgan fingerprint density at radius 1 is 1.21 bits per heavy atom. The van der Waals surface area contributed by atoms with Crippen molar-refractivity contribution >= 4 is 40.8 Å². The third-order valence-electron chi connectivity index (χ3n) is 2.98. The summed E-state index contributed by atoms with van der Waals surface area (Å²) in [4.78, 5) is 23.8. The predicted molar refractivity (Wildman–Crippen MR) is 90.0 cm³/mol. The third-order valence-corrected chi connectivity index (χ3v) is 3.80. The summed E-state index contributed by atoms with van der Waals surface area (Å²) < 4.78 is 9.83. The SMILES string of the molecule is COc1ccc(O)c(C(=O)OCC(=O)Nc2cccc(Cl)c2Cl)c1. The average Bonchev–Trinajstić information content (AvgIpc) is 2.57. The summed E-state index contributed by atoms with van der Waals surface area (Å²) in [5, 5.41) is 12.6. The lowest BCUT2D eigenvalue weighted by molar-refractivity contribution is -0.119.